The minimum Gasteiger partial charge on any atom is -0.447 e. The van der Waals surface area contributed by atoms with Gasteiger partial charge >= 0.3 is 6.09 Å². The molecule has 0 atom stereocenters. The van der Waals surface area contributed by atoms with Crippen LogP contribution in [0, 0.1) is 0 Å². The zero-order chi connectivity index (χ0) is 16.9. The molecule has 0 bridgehead atoms. The summed E-state index contributed by atoms with van der Waals surface area (Å²) in [7, 11) is 0. The summed E-state index contributed by atoms with van der Waals surface area (Å²) >= 11 is 5.84. The van der Waals surface area contributed by atoms with E-state index in [1.165, 1.54) is 0 Å². The number of halogens is 1. The van der Waals surface area contributed by atoms with Crippen molar-refractivity contribution < 1.29 is 14.3 Å². The monoisotopic (exact) mass is 344 g/mol. The summed E-state index contributed by atoms with van der Waals surface area (Å²) in [6.07, 6.45) is 0.385. The Morgan fingerprint density at radius 2 is 1.83 bits per heavy atom. The number of amides is 2. The van der Waals surface area contributed by atoms with Gasteiger partial charge in [-0.3, -0.25) is 9.69 Å². The molecule has 0 unspecified atom stereocenters. The fourth-order valence-corrected chi connectivity index (χ4v) is 2.62. The number of carbonyl (C=O) groups excluding carboxylic acids is 2. The molecule has 2 aromatic carbocycles. The molecule has 2 amide bonds. The number of anilines is 1. The molecule has 1 aliphatic heterocycles. The first-order valence-corrected chi connectivity index (χ1v) is 8.08. The molecule has 124 valence electrons. The van der Waals surface area contributed by atoms with Gasteiger partial charge in [-0.15, -0.1) is 0 Å². The smallest absolute Gasteiger partial charge is 0.414 e. The number of nitrogens with zero attached hydrogens (tertiary/aromatic N) is 1. The Kier molecular flexibility index (Phi) is 5.01. The quantitative estimate of drug-likeness (QED) is 0.905. The first-order chi connectivity index (χ1) is 11.6. The molecule has 0 aliphatic carbocycles. The van der Waals surface area contributed by atoms with Gasteiger partial charge < -0.3 is 10.1 Å². The van der Waals surface area contributed by atoms with Crippen LogP contribution in [0.1, 0.15) is 15.9 Å². The van der Waals surface area contributed by atoms with E-state index in [1.54, 1.807) is 29.2 Å². The van der Waals surface area contributed by atoms with Crippen LogP contribution >= 0.6 is 11.6 Å². The fourth-order valence-electron chi connectivity index (χ4n) is 2.49. The summed E-state index contributed by atoms with van der Waals surface area (Å²) in [6, 6.07) is 14.5. The van der Waals surface area contributed by atoms with Crippen LogP contribution in [0.2, 0.25) is 5.02 Å². The Morgan fingerprint density at radius 3 is 2.46 bits per heavy atom. The molecule has 3 rings (SSSR count). The van der Waals surface area contributed by atoms with Gasteiger partial charge in [0, 0.05) is 22.8 Å². The second-order valence-corrected chi connectivity index (χ2v) is 5.88. The van der Waals surface area contributed by atoms with Gasteiger partial charge in [0.25, 0.3) is 5.91 Å². The topological polar surface area (TPSA) is 58.6 Å². The van der Waals surface area contributed by atoms with Crippen molar-refractivity contribution in [1.29, 1.82) is 0 Å². The van der Waals surface area contributed by atoms with Crippen LogP contribution in [0.3, 0.4) is 0 Å². The van der Waals surface area contributed by atoms with Crippen LogP contribution in [0.5, 0.6) is 0 Å². The lowest BCUT2D eigenvalue weighted by atomic mass is 10.1. The van der Waals surface area contributed by atoms with E-state index in [1.807, 2.05) is 24.3 Å². The van der Waals surface area contributed by atoms with Crippen molar-refractivity contribution in [2.75, 3.05) is 24.6 Å². The van der Waals surface area contributed by atoms with E-state index in [4.69, 9.17) is 16.3 Å². The molecule has 1 saturated heterocycles. The highest BCUT2D eigenvalue weighted by Crippen LogP contribution is 2.19. The molecule has 1 aliphatic rings. The van der Waals surface area contributed by atoms with Crippen molar-refractivity contribution >= 4 is 29.3 Å². The van der Waals surface area contributed by atoms with Gasteiger partial charge in [0.05, 0.1) is 6.54 Å². The van der Waals surface area contributed by atoms with E-state index in [9.17, 15) is 9.59 Å². The summed E-state index contributed by atoms with van der Waals surface area (Å²) in [4.78, 5) is 25.2. The predicted molar refractivity (Wildman–Crippen MR) is 92.6 cm³/mol. The lowest BCUT2D eigenvalue weighted by Gasteiger charge is -2.13. The van der Waals surface area contributed by atoms with Crippen LogP contribution in [0.25, 0.3) is 0 Å². The van der Waals surface area contributed by atoms with Gasteiger partial charge in [-0.05, 0) is 48.4 Å². The van der Waals surface area contributed by atoms with Gasteiger partial charge in [0.1, 0.15) is 6.61 Å². The SMILES string of the molecule is O=C(NCCc1ccc(Cl)cc1)c1ccc(N2CCOC2=O)cc1. The molecule has 1 N–H and O–H groups in total. The highest BCUT2D eigenvalue weighted by atomic mass is 35.5. The predicted octanol–water partition coefficient (Wildman–Crippen LogP) is 3.27. The van der Waals surface area contributed by atoms with Gasteiger partial charge in [0.15, 0.2) is 0 Å². The summed E-state index contributed by atoms with van der Waals surface area (Å²) in [5.74, 6) is -0.139. The Hall–Kier alpha value is -2.53. The number of carbonyl (C=O) groups is 2. The molecule has 24 heavy (non-hydrogen) atoms. The first kappa shape index (κ1) is 16.3. The molecular weight excluding hydrogens is 328 g/mol. The Bertz CT molecular complexity index is 729. The summed E-state index contributed by atoms with van der Waals surface area (Å²) < 4.78 is 4.90. The van der Waals surface area contributed by atoms with Crippen molar-refractivity contribution in [3.63, 3.8) is 0 Å². The first-order valence-electron chi connectivity index (χ1n) is 7.70. The average molecular weight is 345 g/mol. The second-order valence-electron chi connectivity index (χ2n) is 5.45. The van der Waals surface area contributed by atoms with Crippen molar-refractivity contribution in [3.05, 3.63) is 64.7 Å². The maximum absolute atomic E-state index is 12.1. The molecule has 1 fully saturated rings. The van der Waals surface area contributed by atoms with Crippen LogP contribution in [-0.2, 0) is 11.2 Å². The van der Waals surface area contributed by atoms with Crippen LogP contribution < -0.4 is 10.2 Å². The highest BCUT2D eigenvalue weighted by Gasteiger charge is 2.23. The minimum atomic E-state index is -0.352. The number of hydrogen-bond acceptors (Lipinski definition) is 3. The number of cyclic esters (lactones) is 1. The molecule has 2 aromatic rings. The number of hydrogen-bond donors (Lipinski definition) is 1. The third kappa shape index (κ3) is 3.86. The van der Waals surface area contributed by atoms with E-state index in [0.717, 1.165) is 17.7 Å². The standard InChI is InChI=1S/C18H17ClN2O3/c19-15-5-1-13(2-6-15)9-10-20-17(22)14-3-7-16(8-4-14)21-11-12-24-18(21)23/h1-8H,9-12H2,(H,20,22). The minimum absolute atomic E-state index is 0.139. The van der Waals surface area contributed by atoms with Crippen molar-refractivity contribution in [2.24, 2.45) is 0 Å². The largest absolute Gasteiger partial charge is 0.447 e. The Labute approximate surface area is 145 Å². The molecule has 0 radical (unpaired) electrons. The second kappa shape index (κ2) is 7.36. The maximum atomic E-state index is 12.1. The maximum Gasteiger partial charge on any atom is 0.414 e. The van der Waals surface area contributed by atoms with Crippen LogP contribution in [-0.4, -0.2) is 31.7 Å². The normalized spacial score (nSPS) is 13.7. The number of ether oxygens (including phenoxy) is 1. The molecular formula is C18H17ClN2O3. The zero-order valence-corrected chi connectivity index (χ0v) is 13.8. The molecule has 5 nitrogen and oxygen atoms in total. The third-order valence-electron chi connectivity index (χ3n) is 3.81. The molecule has 1 heterocycles. The summed E-state index contributed by atoms with van der Waals surface area (Å²) in [6.45, 7) is 1.47. The van der Waals surface area contributed by atoms with E-state index in [2.05, 4.69) is 5.32 Å². The molecule has 6 heteroatoms. The van der Waals surface area contributed by atoms with Crippen LogP contribution in [0.4, 0.5) is 10.5 Å². The van der Waals surface area contributed by atoms with E-state index in [-0.39, 0.29) is 12.0 Å². The van der Waals surface area contributed by atoms with E-state index >= 15 is 0 Å². The number of nitrogens with one attached hydrogen (secondary N) is 1. The molecule has 0 aromatic heterocycles. The van der Waals surface area contributed by atoms with Gasteiger partial charge in [-0.2, -0.15) is 0 Å². The Balaban J connectivity index is 1.53. The van der Waals surface area contributed by atoms with Crippen molar-refractivity contribution in [3.8, 4) is 0 Å². The number of benzene rings is 2. The summed E-state index contributed by atoms with van der Waals surface area (Å²) in [5.41, 5.74) is 2.40. The van der Waals surface area contributed by atoms with Gasteiger partial charge in [-0.25, -0.2) is 4.79 Å². The van der Waals surface area contributed by atoms with E-state index in [0.29, 0.717) is 30.3 Å². The van der Waals surface area contributed by atoms with Gasteiger partial charge in [-0.1, -0.05) is 23.7 Å². The highest BCUT2D eigenvalue weighted by molar-refractivity contribution is 6.30. The van der Waals surface area contributed by atoms with Crippen LogP contribution in [0.15, 0.2) is 48.5 Å². The average Bonchev–Trinajstić information content (AvgIpc) is 3.03. The van der Waals surface area contributed by atoms with Crippen molar-refractivity contribution in [2.45, 2.75) is 6.42 Å². The molecule has 0 saturated carbocycles. The third-order valence-corrected chi connectivity index (χ3v) is 4.07. The van der Waals surface area contributed by atoms with E-state index < -0.39 is 0 Å². The number of rotatable bonds is 5. The lowest BCUT2D eigenvalue weighted by Crippen LogP contribution is -2.26. The van der Waals surface area contributed by atoms with Gasteiger partial charge in [0.2, 0.25) is 0 Å². The zero-order valence-electron chi connectivity index (χ0n) is 13.0. The fraction of sp³-hybridized carbons (Fsp3) is 0.222. The molecule has 0 spiro atoms. The lowest BCUT2D eigenvalue weighted by molar-refractivity contribution is 0.0954. The Morgan fingerprint density at radius 1 is 1.12 bits per heavy atom. The van der Waals surface area contributed by atoms with Crippen molar-refractivity contribution in [1.82, 2.24) is 5.32 Å². The summed E-state index contributed by atoms with van der Waals surface area (Å²) in [5, 5.41) is 3.58.